The fourth-order valence-corrected chi connectivity index (χ4v) is 3.50. The first kappa shape index (κ1) is 18.4. The molecule has 1 saturated heterocycles. The summed E-state index contributed by atoms with van der Waals surface area (Å²) in [6, 6.07) is 1.62. The number of carbonyl (C=O) groups excluding carboxylic acids is 1. The summed E-state index contributed by atoms with van der Waals surface area (Å²) < 4.78 is 19.1. The van der Waals surface area contributed by atoms with Gasteiger partial charge in [0.25, 0.3) is 0 Å². The minimum Gasteiger partial charge on any atom is -0.453 e. The van der Waals surface area contributed by atoms with Gasteiger partial charge in [0.2, 0.25) is 0 Å². The van der Waals surface area contributed by atoms with E-state index in [1.54, 1.807) is 23.4 Å². The van der Waals surface area contributed by atoms with E-state index in [1.165, 1.54) is 7.11 Å². The van der Waals surface area contributed by atoms with Gasteiger partial charge in [0.05, 0.1) is 18.3 Å². The monoisotopic (exact) mass is 404 g/mol. The average Bonchev–Trinajstić information content (AvgIpc) is 3.12. The second kappa shape index (κ2) is 7.59. The highest BCUT2D eigenvalue weighted by molar-refractivity contribution is 6.31. The molecule has 0 aliphatic carbocycles. The minimum atomic E-state index is -0.560. The number of aromatic amines is 1. The van der Waals surface area contributed by atoms with Gasteiger partial charge >= 0.3 is 6.09 Å². The van der Waals surface area contributed by atoms with Gasteiger partial charge in [-0.2, -0.15) is 0 Å². The molecule has 3 aromatic heterocycles. The molecule has 0 spiro atoms. The largest absolute Gasteiger partial charge is 0.453 e. The third-order valence-corrected chi connectivity index (χ3v) is 4.88. The van der Waals surface area contributed by atoms with E-state index in [2.05, 4.69) is 25.3 Å². The van der Waals surface area contributed by atoms with Gasteiger partial charge in [0.15, 0.2) is 17.5 Å². The lowest BCUT2D eigenvalue weighted by Crippen LogP contribution is -2.45. The van der Waals surface area contributed by atoms with Crippen molar-refractivity contribution in [2.24, 2.45) is 0 Å². The van der Waals surface area contributed by atoms with Crippen LogP contribution in [0.15, 0.2) is 24.7 Å². The van der Waals surface area contributed by atoms with Gasteiger partial charge in [0, 0.05) is 42.5 Å². The molecule has 1 fully saturated rings. The van der Waals surface area contributed by atoms with Crippen LogP contribution in [0.2, 0.25) is 5.02 Å². The van der Waals surface area contributed by atoms with E-state index in [1.807, 2.05) is 0 Å². The molecule has 3 aromatic rings. The second-order valence-electron chi connectivity index (χ2n) is 6.54. The number of anilines is 1. The third-order valence-electron chi connectivity index (χ3n) is 4.68. The average molecular weight is 405 g/mol. The van der Waals surface area contributed by atoms with Gasteiger partial charge in [-0.1, -0.05) is 11.6 Å². The first-order valence-electron chi connectivity index (χ1n) is 8.80. The molecule has 10 heteroatoms. The smallest absolute Gasteiger partial charge is 0.409 e. The van der Waals surface area contributed by atoms with E-state index < -0.39 is 11.9 Å². The molecule has 0 unspecified atom stereocenters. The van der Waals surface area contributed by atoms with E-state index >= 15 is 0 Å². The Morgan fingerprint density at radius 3 is 3.11 bits per heavy atom. The number of aromatic nitrogens is 4. The number of ether oxygens (including phenoxy) is 1. The number of carbonyl (C=O) groups is 1. The van der Waals surface area contributed by atoms with Crippen molar-refractivity contribution in [3.05, 3.63) is 35.5 Å². The maximum atomic E-state index is 14.3. The van der Waals surface area contributed by atoms with Crippen molar-refractivity contribution in [1.29, 1.82) is 0 Å². The second-order valence-corrected chi connectivity index (χ2v) is 6.98. The molecule has 0 bridgehead atoms. The number of methoxy groups -OCH3 is 1. The zero-order valence-electron chi connectivity index (χ0n) is 15.1. The SMILES string of the molecule is COC(=O)N1CCC[C@H](Nc2nc(-c3c[nH]c4ncc(Cl)cc34)ncc2F)C1. The Bertz CT molecular complexity index is 1030. The van der Waals surface area contributed by atoms with Crippen LogP contribution in [0.4, 0.5) is 15.0 Å². The normalized spacial score (nSPS) is 17.0. The van der Waals surface area contributed by atoms with E-state index in [4.69, 9.17) is 16.3 Å². The Hall–Kier alpha value is -2.94. The van der Waals surface area contributed by atoms with E-state index in [0.29, 0.717) is 35.1 Å². The number of hydrogen-bond acceptors (Lipinski definition) is 6. The predicted octanol–water partition coefficient (Wildman–Crippen LogP) is 3.46. The number of hydrogen-bond donors (Lipinski definition) is 2. The lowest BCUT2D eigenvalue weighted by Gasteiger charge is -2.32. The van der Waals surface area contributed by atoms with E-state index in [-0.39, 0.29) is 11.9 Å². The lowest BCUT2D eigenvalue weighted by molar-refractivity contribution is 0.113. The summed E-state index contributed by atoms with van der Waals surface area (Å²) in [4.78, 5) is 29.0. The molecule has 1 atom stereocenters. The van der Waals surface area contributed by atoms with E-state index in [0.717, 1.165) is 24.4 Å². The quantitative estimate of drug-likeness (QED) is 0.694. The van der Waals surface area contributed by atoms with Crippen LogP contribution in [0, 0.1) is 5.82 Å². The van der Waals surface area contributed by atoms with Crippen LogP contribution in [0.5, 0.6) is 0 Å². The van der Waals surface area contributed by atoms with Gasteiger partial charge in [-0.05, 0) is 18.9 Å². The number of nitrogens with one attached hydrogen (secondary N) is 2. The number of halogens is 2. The van der Waals surface area contributed by atoms with Crippen LogP contribution in [0.1, 0.15) is 12.8 Å². The van der Waals surface area contributed by atoms with Gasteiger partial charge < -0.3 is 19.9 Å². The summed E-state index contributed by atoms with van der Waals surface area (Å²) in [5.41, 5.74) is 1.32. The number of nitrogens with zero attached hydrogens (tertiary/aromatic N) is 4. The molecular weight excluding hydrogens is 387 g/mol. The van der Waals surface area contributed by atoms with Crippen LogP contribution >= 0.6 is 11.6 Å². The van der Waals surface area contributed by atoms with Crippen LogP contribution in [-0.2, 0) is 4.74 Å². The molecule has 0 saturated carbocycles. The molecule has 8 nitrogen and oxygen atoms in total. The van der Waals surface area contributed by atoms with Crippen molar-refractivity contribution in [3.8, 4) is 11.4 Å². The number of rotatable bonds is 3. The summed E-state index contributed by atoms with van der Waals surface area (Å²) in [6.07, 6.45) is 5.57. The fraction of sp³-hybridized carbons (Fsp3) is 0.333. The number of piperidine rings is 1. The van der Waals surface area contributed by atoms with Gasteiger partial charge in [-0.3, -0.25) is 0 Å². The zero-order chi connectivity index (χ0) is 19.7. The summed E-state index contributed by atoms with van der Waals surface area (Å²) in [7, 11) is 1.35. The summed E-state index contributed by atoms with van der Waals surface area (Å²) in [6.45, 7) is 1.03. The molecule has 0 radical (unpaired) electrons. The van der Waals surface area contributed by atoms with Crippen LogP contribution in [0.3, 0.4) is 0 Å². The molecular formula is C18H18ClFN6O2. The van der Waals surface area contributed by atoms with Crippen molar-refractivity contribution in [1.82, 2.24) is 24.8 Å². The fourth-order valence-electron chi connectivity index (χ4n) is 3.34. The summed E-state index contributed by atoms with van der Waals surface area (Å²) in [5, 5.41) is 4.33. The highest BCUT2D eigenvalue weighted by Gasteiger charge is 2.25. The van der Waals surface area contributed by atoms with Gasteiger partial charge in [-0.25, -0.2) is 24.1 Å². The number of amides is 1. The Balaban J connectivity index is 1.60. The van der Waals surface area contributed by atoms with Crippen molar-refractivity contribution in [2.45, 2.75) is 18.9 Å². The van der Waals surface area contributed by atoms with E-state index in [9.17, 15) is 9.18 Å². The van der Waals surface area contributed by atoms with Gasteiger partial charge in [-0.15, -0.1) is 0 Å². The summed E-state index contributed by atoms with van der Waals surface area (Å²) in [5.74, 6) is -0.124. The van der Waals surface area contributed by atoms with Crippen molar-refractivity contribution >= 4 is 34.5 Å². The Labute approximate surface area is 165 Å². The predicted molar refractivity (Wildman–Crippen MR) is 103 cm³/mol. The number of H-pyrrole nitrogens is 1. The van der Waals surface area contributed by atoms with Crippen LogP contribution in [-0.4, -0.2) is 57.2 Å². The molecule has 1 amide bonds. The molecule has 1 aliphatic heterocycles. The van der Waals surface area contributed by atoms with Crippen molar-refractivity contribution in [3.63, 3.8) is 0 Å². The number of likely N-dealkylation sites (tertiary alicyclic amines) is 1. The zero-order valence-corrected chi connectivity index (χ0v) is 15.8. The van der Waals surface area contributed by atoms with Crippen LogP contribution in [0.25, 0.3) is 22.4 Å². The lowest BCUT2D eigenvalue weighted by atomic mass is 10.1. The Morgan fingerprint density at radius 1 is 1.43 bits per heavy atom. The molecule has 1 aliphatic rings. The number of pyridine rings is 1. The highest BCUT2D eigenvalue weighted by atomic mass is 35.5. The topological polar surface area (TPSA) is 96.0 Å². The molecule has 4 heterocycles. The molecule has 2 N–H and O–H groups in total. The minimum absolute atomic E-state index is 0.0889. The van der Waals surface area contributed by atoms with Crippen LogP contribution < -0.4 is 5.32 Å². The molecule has 28 heavy (non-hydrogen) atoms. The standard InChI is InChI=1S/C18H18ClFN6O2/c1-28-18(27)26-4-2-3-11(9-26)24-17-14(20)8-23-16(25-17)13-7-22-15-12(13)5-10(19)6-21-15/h5-8,11H,2-4,9H2,1H3,(H,21,22)(H,23,24,25)/t11-/m0/s1. The highest BCUT2D eigenvalue weighted by Crippen LogP contribution is 2.28. The Morgan fingerprint density at radius 2 is 2.29 bits per heavy atom. The Kier molecular flexibility index (Phi) is 4.99. The summed E-state index contributed by atoms with van der Waals surface area (Å²) >= 11 is 6.04. The first-order chi connectivity index (χ1) is 13.5. The maximum absolute atomic E-state index is 14.3. The number of fused-ring (bicyclic) bond motifs is 1. The molecule has 146 valence electrons. The maximum Gasteiger partial charge on any atom is 0.409 e. The van der Waals surface area contributed by atoms with Gasteiger partial charge in [0.1, 0.15) is 5.65 Å². The molecule has 0 aromatic carbocycles. The first-order valence-corrected chi connectivity index (χ1v) is 9.18. The molecule has 4 rings (SSSR count). The van der Waals surface area contributed by atoms with Crippen molar-refractivity contribution in [2.75, 3.05) is 25.5 Å². The third kappa shape index (κ3) is 3.57. The van der Waals surface area contributed by atoms with Crippen molar-refractivity contribution < 1.29 is 13.9 Å².